The summed E-state index contributed by atoms with van der Waals surface area (Å²) in [6.07, 6.45) is 9.55. The average Bonchev–Trinajstić information content (AvgIpc) is 2.99. The maximum absolute atomic E-state index is 11.8. The third-order valence-corrected chi connectivity index (χ3v) is 5.72. The molecule has 34 heavy (non-hydrogen) atoms. The maximum atomic E-state index is 11.8. The van der Waals surface area contributed by atoms with E-state index in [2.05, 4.69) is 23.1 Å². The Balaban J connectivity index is 0.0000109. The average molecular weight is 517 g/mol. The molecule has 1 unspecified atom stereocenters. The Morgan fingerprint density at radius 3 is 2.06 bits per heavy atom. The fourth-order valence-electron chi connectivity index (χ4n) is 3.49. The second-order valence-corrected chi connectivity index (χ2v) is 9.94. The summed E-state index contributed by atoms with van der Waals surface area (Å²) in [6.45, 7) is 3.94. The molecule has 0 aromatic heterocycles. The van der Waals surface area contributed by atoms with Crippen molar-refractivity contribution in [3.63, 3.8) is 0 Å². The summed E-state index contributed by atoms with van der Waals surface area (Å²) in [7, 11) is -5.35. The molecule has 1 rings (SSSR count). The molecule has 0 aromatic rings. The summed E-state index contributed by atoms with van der Waals surface area (Å²) >= 11 is 0. The van der Waals surface area contributed by atoms with Gasteiger partial charge in [-0.25, -0.2) is 4.79 Å². The van der Waals surface area contributed by atoms with Crippen LogP contribution in [-0.4, -0.2) is 45.9 Å². The fourth-order valence-corrected chi connectivity index (χ4v) is 3.89. The van der Waals surface area contributed by atoms with Gasteiger partial charge in [0.1, 0.15) is 12.7 Å². The monoisotopic (exact) mass is 516 g/mol. The molecule has 10 nitrogen and oxygen atoms in total. The van der Waals surface area contributed by atoms with Crippen LogP contribution in [0.1, 0.15) is 90.9 Å². The van der Waals surface area contributed by atoms with Gasteiger partial charge in [0.15, 0.2) is 11.9 Å². The van der Waals surface area contributed by atoms with Gasteiger partial charge in [0.05, 0.1) is 0 Å². The van der Waals surface area contributed by atoms with Crippen LogP contribution in [0.2, 0.25) is 0 Å². The molecule has 0 spiro atoms. The van der Waals surface area contributed by atoms with Gasteiger partial charge in [-0.3, -0.25) is 9.36 Å². The second-order valence-electron chi connectivity index (χ2n) is 8.82. The van der Waals surface area contributed by atoms with Crippen LogP contribution in [0.5, 0.6) is 0 Å². The molecule has 1 aliphatic heterocycles. The Morgan fingerprint density at radius 2 is 1.56 bits per heavy atom. The molecule has 3 N–H and O–H groups in total. The van der Waals surface area contributed by atoms with Gasteiger partial charge in [0, 0.05) is 6.42 Å². The number of hydrogen-bond acceptors (Lipinski definition) is 9. The standard InChI is InChI=1S/C22H39O10P.Na/c1-16(2)13-11-9-7-5-3-4-6-8-10-12-14-18(24)30-15-17(23)20-19(25)21(22(26)31-20)32-33(27,28)29;/h16-17,20,23,25H,3-15H2,1-2H3,(H2,27,28,29);/q;+1/p-1/t17-,20+;/m0./s1. The van der Waals surface area contributed by atoms with Gasteiger partial charge in [0.25, 0.3) is 5.76 Å². The molecule has 1 aliphatic rings. The minimum absolute atomic E-state index is 0. The van der Waals surface area contributed by atoms with Gasteiger partial charge >= 0.3 is 49.3 Å². The van der Waals surface area contributed by atoms with Crippen molar-refractivity contribution in [1.82, 2.24) is 0 Å². The van der Waals surface area contributed by atoms with Crippen LogP contribution in [0.15, 0.2) is 11.5 Å². The van der Waals surface area contributed by atoms with Crippen LogP contribution in [-0.2, 0) is 28.2 Å². The van der Waals surface area contributed by atoms with Crippen LogP contribution < -0.4 is 34.5 Å². The first-order valence-corrected chi connectivity index (χ1v) is 13.2. The molecule has 0 radical (unpaired) electrons. The van der Waals surface area contributed by atoms with Crippen molar-refractivity contribution in [2.24, 2.45) is 5.92 Å². The molecule has 0 saturated carbocycles. The van der Waals surface area contributed by atoms with Crippen LogP contribution in [0, 0.1) is 5.92 Å². The Labute approximate surface area is 224 Å². The number of phosphoric acid groups is 1. The summed E-state index contributed by atoms with van der Waals surface area (Å²) in [5, 5.41) is 19.8. The van der Waals surface area contributed by atoms with E-state index in [1.54, 1.807) is 0 Å². The first kappa shape index (κ1) is 33.4. The number of aliphatic hydroxyl groups excluding tert-OH is 2. The fraction of sp³-hybridized carbons (Fsp3) is 0.818. The summed E-state index contributed by atoms with van der Waals surface area (Å²) in [5.41, 5.74) is 0. The molecular formula is C22H38NaO10P. The van der Waals surface area contributed by atoms with Crippen LogP contribution in [0.3, 0.4) is 0 Å². The van der Waals surface area contributed by atoms with E-state index >= 15 is 0 Å². The van der Waals surface area contributed by atoms with E-state index in [0.717, 1.165) is 25.2 Å². The topological polar surface area (TPSA) is 163 Å². The number of aliphatic hydroxyl groups is 2. The van der Waals surface area contributed by atoms with Crippen molar-refractivity contribution in [3.8, 4) is 0 Å². The number of hydrogen-bond donors (Lipinski definition) is 3. The van der Waals surface area contributed by atoms with Gasteiger partial charge in [-0.1, -0.05) is 78.1 Å². The van der Waals surface area contributed by atoms with Gasteiger partial charge in [-0.2, -0.15) is 0 Å². The van der Waals surface area contributed by atoms with Gasteiger partial charge in [0.2, 0.25) is 0 Å². The zero-order chi connectivity index (χ0) is 24.9. The number of carbonyl (C=O) groups excluding carboxylic acids is 2. The molecule has 3 atom stereocenters. The molecule has 12 heteroatoms. The minimum atomic E-state index is -5.35. The van der Waals surface area contributed by atoms with E-state index in [0.29, 0.717) is 6.42 Å². The maximum Gasteiger partial charge on any atom is 1.00 e. The number of ether oxygens (including phenoxy) is 2. The van der Waals surface area contributed by atoms with E-state index in [1.807, 2.05) is 0 Å². The minimum Gasteiger partial charge on any atom is -0.746 e. The Morgan fingerprint density at radius 1 is 1.06 bits per heavy atom. The number of rotatable bonds is 18. The normalized spacial score (nSPS) is 18.3. The third-order valence-electron chi connectivity index (χ3n) is 5.31. The molecule has 0 amide bonds. The van der Waals surface area contributed by atoms with Gasteiger partial charge in [-0.05, 0) is 12.3 Å². The molecule has 0 aromatic carbocycles. The van der Waals surface area contributed by atoms with Crippen molar-refractivity contribution in [2.75, 3.05) is 6.61 Å². The van der Waals surface area contributed by atoms with E-state index in [-0.39, 0.29) is 36.0 Å². The molecule has 1 heterocycles. The Hall–Kier alpha value is -0.610. The quantitative estimate of drug-likeness (QED) is 0.101. The predicted molar refractivity (Wildman–Crippen MR) is 118 cm³/mol. The van der Waals surface area contributed by atoms with E-state index in [4.69, 9.17) is 9.63 Å². The summed E-state index contributed by atoms with van der Waals surface area (Å²) in [5.74, 6) is -3.28. The van der Waals surface area contributed by atoms with E-state index < -0.39 is 50.1 Å². The molecular weight excluding hydrogens is 478 g/mol. The Bertz CT molecular complexity index is 691. The molecule has 192 valence electrons. The molecule has 0 fully saturated rings. The molecule has 0 aliphatic carbocycles. The van der Waals surface area contributed by atoms with Crippen molar-refractivity contribution < 1.29 is 77.7 Å². The number of phosphoric ester groups is 1. The second kappa shape index (κ2) is 17.8. The van der Waals surface area contributed by atoms with E-state index in [9.17, 15) is 29.3 Å². The van der Waals surface area contributed by atoms with Crippen molar-refractivity contribution >= 4 is 19.8 Å². The largest absolute Gasteiger partial charge is 1.00 e. The zero-order valence-corrected chi connectivity index (χ0v) is 23.5. The smallest absolute Gasteiger partial charge is 0.746 e. The van der Waals surface area contributed by atoms with Crippen molar-refractivity contribution in [2.45, 2.75) is 103 Å². The number of carbonyl (C=O) groups is 2. The van der Waals surface area contributed by atoms with Crippen molar-refractivity contribution in [1.29, 1.82) is 0 Å². The summed E-state index contributed by atoms with van der Waals surface area (Å²) < 4.78 is 24.2. The zero-order valence-electron chi connectivity index (χ0n) is 20.6. The van der Waals surface area contributed by atoms with E-state index in [1.165, 1.54) is 44.9 Å². The number of esters is 2. The molecule has 0 saturated heterocycles. The Kier molecular flexibility index (Phi) is 17.4. The van der Waals surface area contributed by atoms with Crippen LogP contribution in [0.25, 0.3) is 0 Å². The predicted octanol–water partition coefficient (Wildman–Crippen LogP) is 0.404. The SMILES string of the molecule is CC(C)CCCCCCCCCCCCC(=O)OC[C@H](O)[C@H]1OC(=O)C(OP(=O)([O-])O)=C1O.[Na+]. The first-order valence-electron chi connectivity index (χ1n) is 11.7. The molecule has 0 bridgehead atoms. The van der Waals surface area contributed by atoms with Gasteiger partial charge in [-0.15, -0.1) is 0 Å². The summed E-state index contributed by atoms with van der Waals surface area (Å²) in [4.78, 5) is 42.7. The van der Waals surface area contributed by atoms with Crippen molar-refractivity contribution in [3.05, 3.63) is 11.5 Å². The number of cyclic esters (lactones) is 1. The van der Waals surface area contributed by atoms with Crippen LogP contribution >= 0.6 is 7.82 Å². The first-order chi connectivity index (χ1) is 15.5. The summed E-state index contributed by atoms with van der Waals surface area (Å²) in [6, 6.07) is 0. The van der Waals surface area contributed by atoms with Crippen LogP contribution in [0.4, 0.5) is 0 Å². The third kappa shape index (κ3) is 14.7. The van der Waals surface area contributed by atoms with Gasteiger partial charge < -0.3 is 34.0 Å². The number of unbranched alkanes of at least 4 members (excludes halogenated alkanes) is 9.